The molecule has 0 saturated carbocycles. The number of piperazine rings is 1. The Morgan fingerprint density at radius 1 is 0.806 bits per heavy atom. The van der Waals surface area contributed by atoms with Gasteiger partial charge in [0.05, 0.1) is 0 Å². The molecule has 4 aromatic rings. The van der Waals surface area contributed by atoms with Crippen LogP contribution in [0, 0.1) is 12.7 Å². The van der Waals surface area contributed by atoms with Crippen LogP contribution in [0.25, 0.3) is 21.7 Å². The van der Waals surface area contributed by atoms with E-state index in [0.29, 0.717) is 37.5 Å². The van der Waals surface area contributed by atoms with Crippen LogP contribution in [-0.2, 0) is 0 Å². The van der Waals surface area contributed by atoms with E-state index < -0.39 is 0 Å². The quantitative estimate of drug-likeness (QED) is 0.479. The summed E-state index contributed by atoms with van der Waals surface area (Å²) in [5.74, 6) is -0.337. The molecule has 0 atom stereocenters. The fourth-order valence-corrected chi connectivity index (χ4v) is 4.18. The van der Waals surface area contributed by atoms with Gasteiger partial charge in [0.1, 0.15) is 11.4 Å². The number of carbonyl (C=O) groups excluding carboxylic acids is 2. The molecule has 0 bridgehead atoms. The van der Waals surface area contributed by atoms with Gasteiger partial charge in [-0.2, -0.15) is 0 Å². The second-order valence-electron chi connectivity index (χ2n) is 7.81. The van der Waals surface area contributed by atoms with E-state index in [2.05, 4.69) is 0 Å². The van der Waals surface area contributed by atoms with Crippen LogP contribution in [-0.4, -0.2) is 47.8 Å². The van der Waals surface area contributed by atoms with Gasteiger partial charge < -0.3 is 14.2 Å². The molecule has 31 heavy (non-hydrogen) atoms. The number of benzene rings is 3. The summed E-state index contributed by atoms with van der Waals surface area (Å²) in [6, 6.07) is 17.5. The van der Waals surface area contributed by atoms with Crippen molar-refractivity contribution in [2.45, 2.75) is 6.92 Å². The van der Waals surface area contributed by atoms with Crippen LogP contribution in [0.3, 0.4) is 0 Å². The molecule has 156 valence electrons. The number of rotatable bonds is 2. The molecule has 1 aromatic heterocycles. The lowest BCUT2D eigenvalue weighted by molar-refractivity contribution is 0.0519. The first-order valence-electron chi connectivity index (χ1n) is 10.3. The Bertz CT molecular complexity index is 1300. The lowest BCUT2D eigenvalue weighted by atomic mass is 10.1. The molecule has 5 nitrogen and oxygen atoms in total. The van der Waals surface area contributed by atoms with Crippen LogP contribution in [0.4, 0.5) is 4.39 Å². The summed E-state index contributed by atoms with van der Waals surface area (Å²) >= 11 is 0. The van der Waals surface area contributed by atoms with E-state index in [-0.39, 0.29) is 17.6 Å². The van der Waals surface area contributed by atoms with Gasteiger partial charge in [0.25, 0.3) is 11.8 Å². The molecule has 2 heterocycles. The Morgan fingerprint density at radius 3 is 2.16 bits per heavy atom. The minimum Gasteiger partial charge on any atom is -0.450 e. The standard InChI is InChI=1S/C25H21FN2O3/c1-16-20-11-8-17-4-2-3-5-21(17)23(20)31-22(16)25(30)28-14-12-27(13-15-28)24(29)18-6-9-19(26)10-7-18/h2-11H,12-15H2,1H3. The van der Waals surface area contributed by atoms with Gasteiger partial charge in [-0.25, -0.2) is 4.39 Å². The minimum absolute atomic E-state index is 0.154. The number of fused-ring (bicyclic) bond motifs is 3. The lowest BCUT2D eigenvalue weighted by Gasteiger charge is -2.34. The molecule has 1 fully saturated rings. The molecular formula is C25H21FN2O3. The summed E-state index contributed by atoms with van der Waals surface area (Å²) in [6.07, 6.45) is 0. The third kappa shape index (κ3) is 3.34. The van der Waals surface area contributed by atoms with Crippen molar-refractivity contribution in [3.05, 3.63) is 83.4 Å². The minimum atomic E-state index is -0.374. The zero-order chi connectivity index (χ0) is 21.5. The van der Waals surface area contributed by atoms with Gasteiger partial charge in [0, 0.05) is 48.1 Å². The monoisotopic (exact) mass is 416 g/mol. The second-order valence-corrected chi connectivity index (χ2v) is 7.81. The third-order valence-electron chi connectivity index (χ3n) is 5.97. The number of furan rings is 1. The highest BCUT2D eigenvalue weighted by Crippen LogP contribution is 2.32. The van der Waals surface area contributed by atoms with Crippen molar-refractivity contribution >= 4 is 33.6 Å². The largest absolute Gasteiger partial charge is 0.450 e. The highest BCUT2D eigenvalue weighted by atomic mass is 19.1. The van der Waals surface area contributed by atoms with E-state index in [4.69, 9.17) is 4.42 Å². The first-order valence-corrected chi connectivity index (χ1v) is 10.3. The molecule has 6 heteroatoms. The summed E-state index contributed by atoms with van der Waals surface area (Å²) in [5, 5.41) is 2.99. The van der Waals surface area contributed by atoms with E-state index in [9.17, 15) is 14.0 Å². The Labute approximate surface area is 178 Å². The molecular weight excluding hydrogens is 395 g/mol. The summed E-state index contributed by atoms with van der Waals surface area (Å²) in [4.78, 5) is 29.2. The molecule has 0 N–H and O–H groups in total. The van der Waals surface area contributed by atoms with Crippen LogP contribution in [0.2, 0.25) is 0 Å². The molecule has 1 aliphatic heterocycles. The lowest BCUT2D eigenvalue weighted by Crippen LogP contribution is -2.50. The number of halogens is 1. The maximum atomic E-state index is 13.2. The molecule has 0 spiro atoms. The van der Waals surface area contributed by atoms with Crippen molar-refractivity contribution in [3.8, 4) is 0 Å². The number of aryl methyl sites for hydroxylation is 1. The topological polar surface area (TPSA) is 53.8 Å². The summed E-state index contributed by atoms with van der Waals surface area (Å²) in [6.45, 7) is 3.59. The van der Waals surface area contributed by atoms with E-state index in [1.807, 2.05) is 43.3 Å². The van der Waals surface area contributed by atoms with Gasteiger partial charge in [-0.05, 0) is 36.6 Å². The average molecular weight is 416 g/mol. The van der Waals surface area contributed by atoms with Crippen LogP contribution in [0.1, 0.15) is 26.5 Å². The molecule has 1 saturated heterocycles. The Kier molecular flexibility index (Phi) is 4.70. The maximum Gasteiger partial charge on any atom is 0.290 e. The molecule has 0 unspecified atom stereocenters. The molecule has 5 rings (SSSR count). The molecule has 3 aromatic carbocycles. The van der Waals surface area contributed by atoms with Gasteiger partial charge in [-0.3, -0.25) is 9.59 Å². The SMILES string of the molecule is Cc1c(C(=O)N2CCN(C(=O)c3ccc(F)cc3)CC2)oc2c1ccc1ccccc12. The molecule has 2 amide bonds. The van der Waals surface area contributed by atoms with Gasteiger partial charge in [-0.1, -0.05) is 36.4 Å². The second kappa shape index (κ2) is 7.54. The van der Waals surface area contributed by atoms with E-state index in [0.717, 1.165) is 27.3 Å². The van der Waals surface area contributed by atoms with Crippen molar-refractivity contribution in [1.82, 2.24) is 9.80 Å². The highest BCUT2D eigenvalue weighted by Gasteiger charge is 2.29. The van der Waals surface area contributed by atoms with E-state index >= 15 is 0 Å². The highest BCUT2D eigenvalue weighted by molar-refractivity contribution is 6.09. The first-order chi connectivity index (χ1) is 15.0. The smallest absolute Gasteiger partial charge is 0.290 e. The fourth-order valence-electron chi connectivity index (χ4n) is 4.18. The predicted molar refractivity (Wildman–Crippen MR) is 117 cm³/mol. The van der Waals surface area contributed by atoms with Crippen molar-refractivity contribution in [2.24, 2.45) is 0 Å². The van der Waals surface area contributed by atoms with Crippen LogP contribution >= 0.6 is 0 Å². The van der Waals surface area contributed by atoms with Gasteiger partial charge >= 0.3 is 0 Å². The predicted octanol–water partition coefficient (Wildman–Crippen LogP) is 4.63. The zero-order valence-corrected chi connectivity index (χ0v) is 17.1. The average Bonchev–Trinajstić information content (AvgIpc) is 3.15. The van der Waals surface area contributed by atoms with Gasteiger partial charge in [0.15, 0.2) is 5.76 Å². The number of carbonyl (C=O) groups is 2. The van der Waals surface area contributed by atoms with Gasteiger partial charge in [0.2, 0.25) is 0 Å². The van der Waals surface area contributed by atoms with Crippen molar-refractivity contribution in [1.29, 1.82) is 0 Å². The van der Waals surface area contributed by atoms with Crippen molar-refractivity contribution in [2.75, 3.05) is 26.2 Å². The Morgan fingerprint density at radius 2 is 1.45 bits per heavy atom. The summed E-state index contributed by atoms with van der Waals surface area (Å²) in [7, 11) is 0. The first kappa shape index (κ1) is 19.3. The number of amides is 2. The van der Waals surface area contributed by atoms with E-state index in [1.54, 1.807) is 9.80 Å². The van der Waals surface area contributed by atoms with Crippen LogP contribution in [0.5, 0.6) is 0 Å². The zero-order valence-electron chi connectivity index (χ0n) is 17.1. The summed E-state index contributed by atoms with van der Waals surface area (Å²) < 4.78 is 19.2. The molecule has 0 aliphatic carbocycles. The summed E-state index contributed by atoms with van der Waals surface area (Å²) in [5.41, 5.74) is 2.00. The van der Waals surface area contributed by atoms with E-state index in [1.165, 1.54) is 24.3 Å². The van der Waals surface area contributed by atoms with Crippen molar-refractivity contribution < 1.29 is 18.4 Å². The number of nitrogens with zero attached hydrogens (tertiary/aromatic N) is 2. The number of hydrogen-bond acceptors (Lipinski definition) is 3. The number of hydrogen-bond donors (Lipinski definition) is 0. The van der Waals surface area contributed by atoms with Gasteiger partial charge in [-0.15, -0.1) is 0 Å². The van der Waals surface area contributed by atoms with Crippen molar-refractivity contribution in [3.63, 3.8) is 0 Å². The maximum absolute atomic E-state index is 13.2. The normalized spacial score (nSPS) is 14.4. The molecule has 1 aliphatic rings. The third-order valence-corrected chi connectivity index (χ3v) is 5.97. The fraction of sp³-hybridized carbons (Fsp3) is 0.200. The Hall–Kier alpha value is -3.67. The van der Waals surface area contributed by atoms with Crippen LogP contribution < -0.4 is 0 Å². The molecule has 0 radical (unpaired) electrons. The van der Waals surface area contributed by atoms with Crippen LogP contribution in [0.15, 0.2) is 65.1 Å². The Balaban J connectivity index is 1.35.